The molecule has 0 unspecified atom stereocenters. The first-order valence-electron chi connectivity index (χ1n) is 3.61. The number of aromatic nitrogens is 2. The minimum Gasteiger partial charge on any atom is -0.449 e. The van der Waals surface area contributed by atoms with E-state index in [9.17, 15) is 14.4 Å². The Balaban J connectivity index is 3.41. The lowest BCUT2D eigenvalue weighted by molar-refractivity contribution is 0.140. The maximum absolute atomic E-state index is 11.2. The van der Waals surface area contributed by atoms with Gasteiger partial charge in [0.1, 0.15) is 0 Å². The molecule has 1 aromatic heterocycles. The van der Waals surface area contributed by atoms with Gasteiger partial charge >= 0.3 is 11.8 Å². The van der Waals surface area contributed by atoms with Crippen molar-refractivity contribution in [1.82, 2.24) is 9.13 Å². The van der Waals surface area contributed by atoms with Gasteiger partial charge in [-0.15, -0.1) is 0 Å². The van der Waals surface area contributed by atoms with Crippen molar-refractivity contribution in [1.29, 1.82) is 0 Å². The number of hydrogen-bond acceptors (Lipinski definition) is 4. The summed E-state index contributed by atoms with van der Waals surface area (Å²) in [5, 5.41) is 8.30. The van der Waals surface area contributed by atoms with Crippen LogP contribution < -0.4 is 16.0 Å². The SMILES string of the molecule is Cn1c(OC(=O)O)cc(=O)n(C)c1=O. The molecule has 0 atom stereocenters. The van der Waals surface area contributed by atoms with Gasteiger partial charge < -0.3 is 9.84 Å². The van der Waals surface area contributed by atoms with Gasteiger partial charge in [-0.1, -0.05) is 0 Å². The third kappa shape index (κ3) is 1.65. The molecule has 76 valence electrons. The Hall–Kier alpha value is -2.05. The van der Waals surface area contributed by atoms with E-state index in [1.165, 1.54) is 14.1 Å². The molecule has 7 nitrogen and oxygen atoms in total. The molecule has 14 heavy (non-hydrogen) atoms. The minimum absolute atomic E-state index is 0.300. The zero-order valence-electron chi connectivity index (χ0n) is 7.55. The van der Waals surface area contributed by atoms with Crippen LogP contribution in [0.4, 0.5) is 4.79 Å². The van der Waals surface area contributed by atoms with Gasteiger partial charge in [-0.2, -0.15) is 0 Å². The van der Waals surface area contributed by atoms with Gasteiger partial charge in [-0.3, -0.25) is 13.9 Å². The van der Waals surface area contributed by atoms with E-state index in [0.29, 0.717) is 0 Å². The fourth-order valence-electron chi connectivity index (χ4n) is 0.900. The first-order valence-corrected chi connectivity index (χ1v) is 3.61. The Kier molecular flexibility index (Phi) is 2.41. The standard InChI is InChI=1S/C7H8N2O5/c1-8-4(10)3-5(14-7(12)13)9(2)6(8)11/h3H,1-2H3,(H,12,13). The summed E-state index contributed by atoms with van der Waals surface area (Å²) in [6, 6.07) is 0.926. The molecule has 1 heterocycles. The molecule has 1 rings (SSSR count). The molecule has 7 heteroatoms. The van der Waals surface area contributed by atoms with Crippen LogP contribution in [0.25, 0.3) is 0 Å². The van der Waals surface area contributed by atoms with E-state index in [2.05, 4.69) is 4.74 Å². The normalized spacial score (nSPS) is 9.86. The van der Waals surface area contributed by atoms with Crippen molar-refractivity contribution in [2.45, 2.75) is 0 Å². The van der Waals surface area contributed by atoms with Gasteiger partial charge in [0.05, 0.1) is 6.07 Å². The molecule has 0 saturated heterocycles. The van der Waals surface area contributed by atoms with Crippen molar-refractivity contribution in [2.24, 2.45) is 14.1 Å². The highest BCUT2D eigenvalue weighted by atomic mass is 16.7. The van der Waals surface area contributed by atoms with E-state index in [4.69, 9.17) is 5.11 Å². The molecule has 0 amide bonds. The molecular weight excluding hydrogens is 192 g/mol. The van der Waals surface area contributed by atoms with Crippen molar-refractivity contribution >= 4 is 6.16 Å². The summed E-state index contributed by atoms with van der Waals surface area (Å²) in [7, 11) is 2.59. The number of rotatable bonds is 1. The number of carboxylic acid groups (broad SMARTS) is 1. The van der Waals surface area contributed by atoms with Gasteiger partial charge in [0, 0.05) is 14.1 Å². The predicted molar refractivity (Wildman–Crippen MR) is 45.6 cm³/mol. The monoisotopic (exact) mass is 200 g/mol. The third-order valence-corrected chi connectivity index (χ3v) is 1.67. The highest BCUT2D eigenvalue weighted by molar-refractivity contribution is 5.60. The summed E-state index contributed by atoms with van der Waals surface area (Å²) in [6.07, 6.45) is -1.58. The molecular formula is C7H8N2O5. The summed E-state index contributed by atoms with van der Waals surface area (Å²) in [5.74, 6) is -0.300. The van der Waals surface area contributed by atoms with E-state index in [0.717, 1.165) is 15.2 Å². The van der Waals surface area contributed by atoms with Gasteiger partial charge in [-0.05, 0) is 0 Å². The Morgan fingerprint density at radius 3 is 2.43 bits per heavy atom. The number of hydrogen-bond donors (Lipinski definition) is 1. The second kappa shape index (κ2) is 3.36. The molecule has 0 radical (unpaired) electrons. The molecule has 0 bridgehead atoms. The molecule has 0 aliphatic heterocycles. The molecule has 1 aromatic rings. The molecule has 0 aliphatic rings. The van der Waals surface area contributed by atoms with Gasteiger partial charge in [0.2, 0.25) is 5.88 Å². The summed E-state index contributed by atoms with van der Waals surface area (Å²) >= 11 is 0. The average Bonchev–Trinajstić information content (AvgIpc) is 2.10. The highest BCUT2D eigenvalue weighted by Gasteiger charge is 2.09. The highest BCUT2D eigenvalue weighted by Crippen LogP contribution is 2.01. The van der Waals surface area contributed by atoms with Crippen molar-refractivity contribution in [2.75, 3.05) is 0 Å². The Morgan fingerprint density at radius 2 is 1.93 bits per heavy atom. The van der Waals surface area contributed by atoms with Gasteiger partial charge in [-0.25, -0.2) is 9.59 Å². The summed E-state index contributed by atoms with van der Waals surface area (Å²) in [4.78, 5) is 32.5. The molecule has 0 fully saturated rings. The van der Waals surface area contributed by atoms with Crippen LogP contribution >= 0.6 is 0 Å². The van der Waals surface area contributed by atoms with E-state index >= 15 is 0 Å². The Morgan fingerprint density at radius 1 is 1.36 bits per heavy atom. The second-order valence-electron chi connectivity index (χ2n) is 2.59. The van der Waals surface area contributed by atoms with E-state index < -0.39 is 17.4 Å². The lowest BCUT2D eigenvalue weighted by Crippen LogP contribution is -2.37. The smallest absolute Gasteiger partial charge is 0.449 e. The molecule has 0 aromatic carbocycles. The molecule has 0 spiro atoms. The van der Waals surface area contributed by atoms with Crippen LogP contribution in [0, 0.1) is 0 Å². The van der Waals surface area contributed by atoms with Crippen LogP contribution in [0.15, 0.2) is 15.7 Å². The van der Waals surface area contributed by atoms with Crippen molar-refractivity contribution in [3.63, 3.8) is 0 Å². The van der Waals surface area contributed by atoms with Crippen LogP contribution in [0.3, 0.4) is 0 Å². The van der Waals surface area contributed by atoms with Gasteiger partial charge in [0.25, 0.3) is 5.56 Å². The summed E-state index contributed by atoms with van der Waals surface area (Å²) in [6.45, 7) is 0. The van der Waals surface area contributed by atoms with Gasteiger partial charge in [0.15, 0.2) is 0 Å². The molecule has 0 aliphatic carbocycles. The average molecular weight is 200 g/mol. The Labute approximate surface area is 77.8 Å². The first kappa shape index (κ1) is 10.0. The molecule has 1 N–H and O–H groups in total. The van der Waals surface area contributed by atoms with E-state index in [-0.39, 0.29) is 5.88 Å². The number of nitrogens with zero attached hydrogens (tertiary/aromatic N) is 2. The predicted octanol–water partition coefficient (Wildman–Crippen LogP) is -0.859. The lowest BCUT2D eigenvalue weighted by atomic mass is 10.6. The van der Waals surface area contributed by atoms with Crippen LogP contribution in [-0.4, -0.2) is 20.4 Å². The fraction of sp³-hybridized carbons (Fsp3) is 0.286. The van der Waals surface area contributed by atoms with Crippen molar-refractivity contribution in [3.05, 3.63) is 26.9 Å². The van der Waals surface area contributed by atoms with Crippen LogP contribution in [0.2, 0.25) is 0 Å². The third-order valence-electron chi connectivity index (χ3n) is 1.67. The Bertz CT molecular complexity index is 484. The summed E-state index contributed by atoms with van der Waals surface area (Å²) in [5.41, 5.74) is -1.27. The largest absolute Gasteiger partial charge is 0.512 e. The maximum Gasteiger partial charge on any atom is 0.512 e. The zero-order valence-corrected chi connectivity index (χ0v) is 7.55. The maximum atomic E-state index is 11.2. The topological polar surface area (TPSA) is 90.5 Å². The quantitative estimate of drug-likeness (QED) is 0.595. The first-order chi connectivity index (χ1) is 6.43. The lowest BCUT2D eigenvalue weighted by Gasteiger charge is -2.06. The van der Waals surface area contributed by atoms with Crippen LogP contribution in [0.5, 0.6) is 5.88 Å². The van der Waals surface area contributed by atoms with E-state index in [1.54, 1.807) is 0 Å². The van der Waals surface area contributed by atoms with Crippen molar-refractivity contribution in [3.8, 4) is 5.88 Å². The fourth-order valence-corrected chi connectivity index (χ4v) is 0.900. The van der Waals surface area contributed by atoms with Crippen molar-refractivity contribution < 1.29 is 14.6 Å². The van der Waals surface area contributed by atoms with E-state index in [1.807, 2.05) is 0 Å². The number of ether oxygens (including phenoxy) is 1. The molecule has 0 saturated carbocycles. The minimum atomic E-state index is -1.58. The second-order valence-corrected chi connectivity index (χ2v) is 2.59. The number of carbonyl (C=O) groups is 1. The summed E-state index contributed by atoms with van der Waals surface area (Å²) < 4.78 is 6.00. The van der Waals surface area contributed by atoms with Crippen LogP contribution in [-0.2, 0) is 14.1 Å². The van der Waals surface area contributed by atoms with Crippen LogP contribution in [0.1, 0.15) is 0 Å². The zero-order chi connectivity index (χ0) is 10.9.